The SMILES string of the molecule is O=C(OCC1c2ccccc2-c2ccccc21)N1C2C=C(c3ccc(OC(F)F)cc3)CC1COC2. The molecule has 2 bridgehead atoms. The first-order valence-electron chi connectivity index (χ1n) is 12.1. The fraction of sp³-hybridized carbons (Fsp3) is 0.276. The summed E-state index contributed by atoms with van der Waals surface area (Å²) in [6.45, 7) is -1.78. The lowest BCUT2D eigenvalue weighted by Gasteiger charge is -2.44. The van der Waals surface area contributed by atoms with Gasteiger partial charge in [0.05, 0.1) is 25.3 Å². The van der Waals surface area contributed by atoms with Crippen LogP contribution in [0.2, 0.25) is 0 Å². The number of amides is 1. The van der Waals surface area contributed by atoms with E-state index in [-0.39, 0.29) is 36.5 Å². The summed E-state index contributed by atoms with van der Waals surface area (Å²) in [5, 5.41) is 0. The third-order valence-corrected chi connectivity index (χ3v) is 7.20. The van der Waals surface area contributed by atoms with Crippen LogP contribution in [0.15, 0.2) is 78.9 Å². The maximum atomic E-state index is 13.3. The van der Waals surface area contributed by atoms with Crippen LogP contribution in [0, 0.1) is 0 Å². The first-order valence-corrected chi connectivity index (χ1v) is 12.1. The second-order valence-electron chi connectivity index (χ2n) is 9.27. The third-order valence-electron chi connectivity index (χ3n) is 7.20. The van der Waals surface area contributed by atoms with Crippen LogP contribution in [0.25, 0.3) is 16.7 Å². The molecule has 184 valence electrons. The lowest BCUT2D eigenvalue weighted by atomic mass is 9.90. The van der Waals surface area contributed by atoms with Crippen molar-refractivity contribution in [1.29, 1.82) is 0 Å². The predicted octanol–water partition coefficient (Wildman–Crippen LogP) is 6.09. The van der Waals surface area contributed by atoms with E-state index in [9.17, 15) is 13.6 Å². The molecule has 0 radical (unpaired) electrons. The van der Waals surface area contributed by atoms with Crippen molar-refractivity contribution in [3.63, 3.8) is 0 Å². The van der Waals surface area contributed by atoms with Crippen LogP contribution in [0.5, 0.6) is 5.75 Å². The number of rotatable bonds is 5. The predicted molar refractivity (Wildman–Crippen MR) is 131 cm³/mol. The van der Waals surface area contributed by atoms with Gasteiger partial charge in [0, 0.05) is 5.92 Å². The summed E-state index contributed by atoms with van der Waals surface area (Å²) < 4.78 is 41.0. The summed E-state index contributed by atoms with van der Waals surface area (Å²) in [6, 6.07) is 22.7. The highest BCUT2D eigenvalue weighted by Gasteiger charge is 2.40. The van der Waals surface area contributed by atoms with E-state index in [1.807, 2.05) is 30.3 Å². The Labute approximate surface area is 207 Å². The van der Waals surface area contributed by atoms with Gasteiger partial charge in [0.25, 0.3) is 0 Å². The number of morpholine rings is 1. The number of carbonyl (C=O) groups is 1. The van der Waals surface area contributed by atoms with Gasteiger partial charge < -0.3 is 14.2 Å². The quantitative estimate of drug-likeness (QED) is 0.435. The van der Waals surface area contributed by atoms with Crippen molar-refractivity contribution in [3.8, 4) is 16.9 Å². The summed E-state index contributed by atoms with van der Waals surface area (Å²) in [6.07, 6.45) is 2.27. The molecule has 5 nitrogen and oxygen atoms in total. The number of hydrogen-bond donors (Lipinski definition) is 0. The lowest BCUT2D eigenvalue weighted by Crippen LogP contribution is -2.56. The fourth-order valence-corrected chi connectivity index (χ4v) is 5.61. The van der Waals surface area contributed by atoms with Gasteiger partial charge in [-0.1, -0.05) is 66.7 Å². The summed E-state index contributed by atoms with van der Waals surface area (Å²) >= 11 is 0. The fourth-order valence-electron chi connectivity index (χ4n) is 5.61. The molecule has 2 atom stereocenters. The number of ether oxygens (including phenoxy) is 3. The molecule has 36 heavy (non-hydrogen) atoms. The second-order valence-corrected chi connectivity index (χ2v) is 9.27. The van der Waals surface area contributed by atoms with E-state index in [0.29, 0.717) is 19.6 Å². The van der Waals surface area contributed by atoms with Gasteiger partial charge in [-0.15, -0.1) is 0 Å². The van der Waals surface area contributed by atoms with Crippen LogP contribution >= 0.6 is 0 Å². The molecule has 2 aliphatic heterocycles. The van der Waals surface area contributed by atoms with E-state index in [4.69, 9.17) is 9.47 Å². The Hall–Kier alpha value is -3.71. The van der Waals surface area contributed by atoms with Crippen molar-refractivity contribution < 1.29 is 27.8 Å². The molecule has 1 aliphatic carbocycles. The highest BCUT2D eigenvalue weighted by molar-refractivity contribution is 5.79. The standard InChI is InChI=1S/C29H25F2NO4/c30-28(31)36-22-11-9-18(10-12-22)19-13-20-15-34-16-21(14-19)32(20)29(33)35-17-27-25-7-3-1-5-23(25)24-6-2-4-8-26(24)27/h1-13,20-21,27-28H,14-17H2. The highest BCUT2D eigenvalue weighted by atomic mass is 19.3. The van der Waals surface area contributed by atoms with Gasteiger partial charge in [0.15, 0.2) is 0 Å². The van der Waals surface area contributed by atoms with E-state index in [1.165, 1.54) is 34.4 Å². The van der Waals surface area contributed by atoms with E-state index in [2.05, 4.69) is 29.0 Å². The molecule has 2 unspecified atom stereocenters. The summed E-state index contributed by atoms with van der Waals surface area (Å²) in [4.78, 5) is 15.1. The molecule has 1 amide bonds. The van der Waals surface area contributed by atoms with Crippen molar-refractivity contribution in [2.45, 2.75) is 31.0 Å². The van der Waals surface area contributed by atoms with Crippen molar-refractivity contribution in [3.05, 3.63) is 95.6 Å². The maximum absolute atomic E-state index is 13.3. The van der Waals surface area contributed by atoms with E-state index < -0.39 is 6.61 Å². The average molecular weight is 490 g/mol. The van der Waals surface area contributed by atoms with Gasteiger partial charge >= 0.3 is 12.7 Å². The van der Waals surface area contributed by atoms with Crippen LogP contribution in [0.4, 0.5) is 13.6 Å². The van der Waals surface area contributed by atoms with Crippen molar-refractivity contribution in [2.75, 3.05) is 19.8 Å². The summed E-state index contributed by atoms with van der Waals surface area (Å²) in [5.74, 6) is 0.122. The zero-order valence-corrected chi connectivity index (χ0v) is 19.5. The minimum absolute atomic E-state index is 0.00214. The average Bonchev–Trinajstić information content (AvgIpc) is 3.20. The summed E-state index contributed by atoms with van der Waals surface area (Å²) in [5.41, 5.74) is 6.70. The molecular weight excluding hydrogens is 464 g/mol. The topological polar surface area (TPSA) is 48.0 Å². The van der Waals surface area contributed by atoms with Crippen LogP contribution in [-0.4, -0.2) is 49.5 Å². The monoisotopic (exact) mass is 489 g/mol. The zero-order chi connectivity index (χ0) is 24.6. The normalized spacial score (nSPS) is 20.5. The Morgan fingerprint density at radius 1 is 0.944 bits per heavy atom. The van der Waals surface area contributed by atoms with Crippen LogP contribution in [-0.2, 0) is 9.47 Å². The van der Waals surface area contributed by atoms with Gasteiger partial charge in [-0.05, 0) is 51.9 Å². The Morgan fingerprint density at radius 2 is 1.61 bits per heavy atom. The van der Waals surface area contributed by atoms with Gasteiger partial charge in [-0.2, -0.15) is 8.78 Å². The van der Waals surface area contributed by atoms with E-state index in [1.54, 1.807) is 17.0 Å². The number of halogens is 2. The van der Waals surface area contributed by atoms with Gasteiger partial charge in [0.1, 0.15) is 12.4 Å². The minimum atomic E-state index is -2.85. The van der Waals surface area contributed by atoms with Crippen LogP contribution < -0.4 is 4.74 Å². The van der Waals surface area contributed by atoms with Crippen LogP contribution in [0.1, 0.15) is 29.0 Å². The number of benzene rings is 3. The maximum Gasteiger partial charge on any atom is 0.410 e. The highest BCUT2D eigenvalue weighted by Crippen LogP contribution is 2.44. The smallest absolute Gasteiger partial charge is 0.410 e. The number of hydrogen-bond acceptors (Lipinski definition) is 4. The Kier molecular flexibility index (Phi) is 5.93. The molecule has 0 N–H and O–H groups in total. The minimum Gasteiger partial charge on any atom is -0.448 e. The lowest BCUT2D eigenvalue weighted by molar-refractivity contribution is -0.0498. The molecule has 7 heteroatoms. The van der Waals surface area contributed by atoms with Gasteiger partial charge in [-0.3, -0.25) is 4.90 Å². The molecule has 0 spiro atoms. The largest absolute Gasteiger partial charge is 0.448 e. The number of nitrogens with zero attached hydrogens (tertiary/aromatic N) is 1. The molecule has 3 aromatic rings. The van der Waals surface area contributed by atoms with E-state index >= 15 is 0 Å². The molecule has 6 rings (SSSR count). The van der Waals surface area contributed by atoms with E-state index in [0.717, 1.165) is 11.1 Å². The first-order chi connectivity index (χ1) is 17.6. The van der Waals surface area contributed by atoms with Crippen molar-refractivity contribution >= 4 is 11.7 Å². The van der Waals surface area contributed by atoms with Crippen LogP contribution in [0.3, 0.4) is 0 Å². The molecule has 0 saturated carbocycles. The van der Waals surface area contributed by atoms with Crippen molar-refractivity contribution in [1.82, 2.24) is 4.90 Å². The molecule has 1 saturated heterocycles. The molecule has 0 aromatic heterocycles. The second kappa shape index (κ2) is 9.39. The van der Waals surface area contributed by atoms with Crippen molar-refractivity contribution in [2.24, 2.45) is 0 Å². The molecular formula is C29H25F2NO4. The Balaban J connectivity index is 1.18. The third kappa shape index (κ3) is 4.13. The number of fused-ring (bicyclic) bond motifs is 5. The molecule has 1 fully saturated rings. The van der Waals surface area contributed by atoms with Gasteiger partial charge in [-0.25, -0.2) is 4.79 Å². The summed E-state index contributed by atoms with van der Waals surface area (Å²) in [7, 11) is 0. The molecule has 2 heterocycles. The number of carbonyl (C=O) groups excluding carboxylic acids is 1. The first kappa shape index (κ1) is 22.7. The molecule has 3 aromatic carbocycles. The zero-order valence-electron chi connectivity index (χ0n) is 19.5. The van der Waals surface area contributed by atoms with Gasteiger partial charge in [0.2, 0.25) is 0 Å². The number of alkyl halides is 2. The Morgan fingerprint density at radius 3 is 2.25 bits per heavy atom. The Bertz CT molecular complexity index is 1260. The molecule has 3 aliphatic rings.